The molecule has 3 rings (SSSR count). The van der Waals surface area contributed by atoms with Crippen molar-refractivity contribution in [2.45, 2.75) is 18.4 Å². The lowest BCUT2D eigenvalue weighted by Crippen LogP contribution is -2.01. The van der Waals surface area contributed by atoms with Gasteiger partial charge in [0.05, 0.1) is 12.8 Å². The predicted octanol–water partition coefficient (Wildman–Crippen LogP) is 3.27. The lowest BCUT2D eigenvalue weighted by atomic mass is 10.1. The van der Waals surface area contributed by atoms with Crippen molar-refractivity contribution in [2.75, 3.05) is 7.11 Å². The zero-order chi connectivity index (χ0) is 14.3. The number of nitrogens with two attached hydrogens (primary N) is 1. The Morgan fingerprint density at radius 2 is 2.00 bits per heavy atom. The number of aromatic nitrogens is 1. The Kier molecular flexibility index (Phi) is 4.44. The molecule has 112 valence electrons. The van der Waals surface area contributed by atoms with Crippen LogP contribution in [0.5, 0.6) is 5.75 Å². The Morgan fingerprint density at radius 1 is 1.29 bits per heavy atom. The van der Waals surface area contributed by atoms with Crippen LogP contribution < -0.4 is 10.5 Å². The van der Waals surface area contributed by atoms with Gasteiger partial charge in [0.15, 0.2) is 11.6 Å². The van der Waals surface area contributed by atoms with Crippen molar-refractivity contribution in [3.05, 3.63) is 47.7 Å². The molecule has 1 aromatic carbocycles. The molecule has 0 bridgehead atoms. The van der Waals surface area contributed by atoms with Gasteiger partial charge in [-0.1, -0.05) is 6.07 Å². The van der Waals surface area contributed by atoms with E-state index in [4.69, 9.17) is 10.5 Å². The van der Waals surface area contributed by atoms with Crippen LogP contribution in [0.1, 0.15) is 17.9 Å². The van der Waals surface area contributed by atoms with Gasteiger partial charge in [-0.05, 0) is 30.2 Å². The number of hydrogen-bond donors (Lipinski definition) is 1. The number of ether oxygens (including phenoxy) is 1. The lowest BCUT2D eigenvalue weighted by Gasteiger charge is -2.07. The standard InChI is InChI=1S/C15H14F2N2O.ClH/c1-20-14-5-9(4-11(16)15(14)17)13-3-2-8(7-19-13)10-6-12(10)18;/h2-5,7,10,12H,6,18H2,1H3;1H/t10-,12+;/m1./s1. The smallest absolute Gasteiger partial charge is 0.200 e. The molecule has 0 unspecified atom stereocenters. The van der Waals surface area contributed by atoms with Crippen LogP contribution in [0.3, 0.4) is 0 Å². The van der Waals surface area contributed by atoms with E-state index in [1.165, 1.54) is 13.2 Å². The van der Waals surface area contributed by atoms with Crippen LogP contribution in [-0.2, 0) is 0 Å². The maximum Gasteiger partial charge on any atom is 0.200 e. The Morgan fingerprint density at radius 3 is 2.52 bits per heavy atom. The first-order valence-corrected chi connectivity index (χ1v) is 6.35. The van der Waals surface area contributed by atoms with Gasteiger partial charge in [-0.15, -0.1) is 12.4 Å². The summed E-state index contributed by atoms with van der Waals surface area (Å²) in [5.41, 5.74) is 7.91. The topological polar surface area (TPSA) is 48.1 Å². The number of benzene rings is 1. The summed E-state index contributed by atoms with van der Waals surface area (Å²) in [6, 6.07) is 6.47. The highest BCUT2D eigenvalue weighted by Crippen LogP contribution is 2.39. The van der Waals surface area contributed by atoms with Gasteiger partial charge in [0, 0.05) is 23.7 Å². The number of nitrogens with zero attached hydrogens (tertiary/aromatic N) is 1. The molecule has 0 spiro atoms. The number of methoxy groups -OCH3 is 1. The fourth-order valence-corrected chi connectivity index (χ4v) is 2.25. The maximum absolute atomic E-state index is 13.5. The average molecular weight is 313 g/mol. The molecule has 21 heavy (non-hydrogen) atoms. The second-order valence-corrected chi connectivity index (χ2v) is 4.96. The van der Waals surface area contributed by atoms with E-state index in [1.807, 2.05) is 6.07 Å². The van der Waals surface area contributed by atoms with Crippen LogP contribution in [0.4, 0.5) is 8.78 Å². The molecule has 1 aromatic heterocycles. The fourth-order valence-electron chi connectivity index (χ4n) is 2.25. The van der Waals surface area contributed by atoms with Crippen LogP contribution in [-0.4, -0.2) is 18.1 Å². The molecule has 0 saturated heterocycles. The van der Waals surface area contributed by atoms with E-state index in [-0.39, 0.29) is 24.2 Å². The van der Waals surface area contributed by atoms with Gasteiger partial charge < -0.3 is 10.5 Å². The van der Waals surface area contributed by atoms with E-state index in [1.54, 1.807) is 12.3 Å². The highest BCUT2D eigenvalue weighted by molar-refractivity contribution is 5.85. The molecule has 3 nitrogen and oxygen atoms in total. The predicted molar refractivity (Wildman–Crippen MR) is 78.7 cm³/mol. The van der Waals surface area contributed by atoms with E-state index < -0.39 is 11.6 Å². The summed E-state index contributed by atoms with van der Waals surface area (Å²) in [6.07, 6.45) is 2.71. The minimum absolute atomic E-state index is 0. The molecule has 0 amide bonds. The third kappa shape index (κ3) is 2.99. The molecule has 0 radical (unpaired) electrons. The summed E-state index contributed by atoms with van der Waals surface area (Å²) in [7, 11) is 1.30. The third-order valence-electron chi connectivity index (χ3n) is 3.56. The molecule has 6 heteroatoms. The maximum atomic E-state index is 13.5. The van der Waals surface area contributed by atoms with Gasteiger partial charge in [-0.25, -0.2) is 4.39 Å². The number of halogens is 3. The zero-order valence-electron chi connectivity index (χ0n) is 11.3. The SMILES string of the molecule is COc1cc(-c2ccc([C@H]3C[C@@H]3N)cn2)cc(F)c1F.Cl. The average Bonchev–Trinajstić information content (AvgIpc) is 3.19. The quantitative estimate of drug-likeness (QED) is 0.946. The highest BCUT2D eigenvalue weighted by Gasteiger charge is 2.34. The van der Waals surface area contributed by atoms with Crippen LogP contribution in [0.15, 0.2) is 30.5 Å². The van der Waals surface area contributed by atoms with Crippen molar-refractivity contribution in [2.24, 2.45) is 5.73 Å². The second kappa shape index (κ2) is 5.95. The summed E-state index contributed by atoms with van der Waals surface area (Å²) in [4.78, 5) is 4.29. The number of rotatable bonds is 3. The minimum atomic E-state index is -0.989. The first kappa shape index (κ1) is 15.7. The second-order valence-electron chi connectivity index (χ2n) is 4.96. The van der Waals surface area contributed by atoms with Crippen LogP contribution in [0.2, 0.25) is 0 Å². The van der Waals surface area contributed by atoms with E-state index in [0.29, 0.717) is 17.2 Å². The normalized spacial score (nSPS) is 19.8. The molecular weight excluding hydrogens is 298 g/mol. The first-order chi connectivity index (χ1) is 9.60. The van der Waals surface area contributed by atoms with Crippen molar-refractivity contribution >= 4 is 12.4 Å². The molecule has 1 aliphatic rings. The molecule has 1 aliphatic carbocycles. The summed E-state index contributed by atoms with van der Waals surface area (Å²) in [5, 5.41) is 0. The van der Waals surface area contributed by atoms with Gasteiger partial charge in [0.25, 0.3) is 0 Å². The van der Waals surface area contributed by atoms with E-state index in [2.05, 4.69) is 4.98 Å². The van der Waals surface area contributed by atoms with Crippen molar-refractivity contribution < 1.29 is 13.5 Å². The van der Waals surface area contributed by atoms with Crippen LogP contribution >= 0.6 is 12.4 Å². The van der Waals surface area contributed by atoms with Gasteiger partial charge in [-0.2, -0.15) is 4.39 Å². The molecule has 1 fully saturated rings. The zero-order valence-corrected chi connectivity index (χ0v) is 12.2. The largest absolute Gasteiger partial charge is 0.494 e. The Hall–Kier alpha value is -1.72. The monoisotopic (exact) mass is 312 g/mol. The van der Waals surface area contributed by atoms with Gasteiger partial charge in [0.1, 0.15) is 0 Å². The number of pyridine rings is 1. The molecule has 0 aliphatic heterocycles. The van der Waals surface area contributed by atoms with Crippen LogP contribution in [0, 0.1) is 11.6 Å². The fraction of sp³-hybridized carbons (Fsp3) is 0.267. The molecule has 2 atom stereocenters. The Balaban J connectivity index is 0.00000161. The van der Waals surface area contributed by atoms with E-state index >= 15 is 0 Å². The summed E-state index contributed by atoms with van der Waals surface area (Å²) in [6.45, 7) is 0. The first-order valence-electron chi connectivity index (χ1n) is 6.35. The molecule has 2 N–H and O–H groups in total. The third-order valence-corrected chi connectivity index (χ3v) is 3.56. The van der Waals surface area contributed by atoms with Crippen LogP contribution in [0.25, 0.3) is 11.3 Å². The number of hydrogen-bond acceptors (Lipinski definition) is 3. The summed E-state index contributed by atoms with van der Waals surface area (Å²) >= 11 is 0. The van der Waals surface area contributed by atoms with Crippen molar-refractivity contribution in [3.8, 4) is 17.0 Å². The van der Waals surface area contributed by atoms with E-state index in [9.17, 15) is 8.78 Å². The van der Waals surface area contributed by atoms with E-state index in [0.717, 1.165) is 18.1 Å². The highest BCUT2D eigenvalue weighted by atomic mass is 35.5. The molecule has 1 heterocycles. The van der Waals surface area contributed by atoms with Crippen molar-refractivity contribution in [1.29, 1.82) is 0 Å². The van der Waals surface area contributed by atoms with Gasteiger partial charge in [-0.3, -0.25) is 4.98 Å². The Bertz CT molecular complexity index is 649. The summed E-state index contributed by atoms with van der Waals surface area (Å²) in [5.74, 6) is -1.70. The Labute approximate surface area is 127 Å². The lowest BCUT2D eigenvalue weighted by molar-refractivity contribution is 0.372. The van der Waals surface area contributed by atoms with Gasteiger partial charge in [0.2, 0.25) is 5.82 Å². The van der Waals surface area contributed by atoms with Crippen molar-refractivity contribution in [1.82, 2.24) is 4.98 Å². The summed E-state index contributed by atoms with van der Waals surface area (Å²) < 4.78 is 31.7. The van der Waals surface area contributed by atoms with Crippen molar-refractivity contribution in [3.63, 3.8) is 0 Å². The molecule has 1 saturated carbocycles. The molecule has 2 aromatic rings. The molecular formula is C15H15ClF2N2O. The minimum Gasteiger partial charge on any atom is -0.494 e. The van der Waals surface area contributed by atoms with Gasteiger partial charge >= 0.3 is 0 Å².